The first-order chi connectivity index (χ1) is 11.6. The van der Waals surface area contributed by atoms with E-state index < -0.39 is 17.5 Å². The Kier molecular flexibility index (Phi) is 4.52. The number of halogens is 2. The highest BCUT2D eigenvalue weighted by Gasteiger charge is 2.12. The van der Waals surface area contributed by atoms with E-state index in [2.05, 4.69) is 5.32 Å². The van der Waals surface area contributed by atoms with Crippen LogP contribution in [0, 0.1) is 11.6 Å². The van der Waals surface area contributed by atoms with Gasteiger partial charge in [0.15, 0.2) is 5.75 Å². The van der Waals surface area contributed by atoms with Gasteiger partial charge in [0.2, 0.25) is 0 Å². The number of benzene rings is 3. The van der Waals surface area contributed by atoms with Gasteiger partial charge in [-0.2, -0.15) is 0 Å². The van der Waals surface area contributed by atoms with Gasteiger partial charge in [-0.15, -0.1) is 0 Å². The van der Waals surface area contributed by atoms with Crippen molar-refractivity contribution < 1.29 is 18.3 Å². The molecule has 0 bridgehead atoms. The molecular formula is C19H13F2NO2. The third kappa shape index (κ3) is 3.76. The van der Waals surface area contributed by atoms with Crippen molar-refractivity contribution in [3.05, 3.63) is 90.0 Å². The van der Waals surface area contributed by atoms with Crippen LogP contribution in [0.2, 0.25) is 0 Å². The number of carbonyl (C=O) groups excluding carboxylic acids is 1. The van der Waals surface area contributed by atoms with Crippen LogP contribution < -0.4 is 10.1 Å². The normalized spacial score (nSPS) is 10.2. The molecule has 0 saturated heterocycles. The van der Waals surface area contributed by atoms with Crippen molar-refractivity contribution in [1.82, 2.24) is 0 Å². The molecule has 0 spiro atoms. The fourth-order valence-corrected chi connectivity index (χ4v) is 2.15. The SMILES string of the molecule is O=C(Nc1ccccc1Oc1ccccc1)c1cc(F)cc(F)c1. The third-order valence-electron chi connectivity index (χ3n) is 3.23. The summed E-state index contributed by atoms with van der Waals surface area (Å²) in [5.74, 6) is -1.22. The van der Waals surface area contributed by atoms with Crippen molar-refractivity contribution in [3.63, 3.8) is 0 Å². The van der Waals surface area contributed by atoms with Gasteiger partial charge in [0, 0.05) is 11.6 Å². The highest BCUT2D eigenvalue weighted by Crippen LogP contribution is 2.29. The van der Waals surface area contributed by atoms with Crippen molar-refractivity contribution in [3.8, 4) is 11.5 Å². The Hall–Kier alpha value is -3.21. The van der Waals surface area contributed by atoms with E-state index in [1.54, 1.807) is 36.4 Å². The van der Waals surface area contributed by atoms with E-state index in [9.17, 15) is 13.6 Å². The monoisotopic (exact) mass is 325 g/mol. The molecule has 0 heterocycles. The van der Waals surface area contributed by atoms with Crippen LogP contribution in [0.3, 0.4) is 0 Å². The molecule has 0 aromatic heterocycles. The summed E-state index contributed by atoms with van der Waals surface area (Å²) in [6.45, 7) is 0. The lowest BCUT2D eigenvalue weighted by Crippen LogP contribution is -2.13. The summed E-state index contributed by atoms with van der Waals surface area (Å²) in [6, 6.07) is 18.5. The molecule has 1 amide bonds. The molecule has 0 aliphatic carbocycles. The van der Waals surface area contributed by atoms with Crippen LogP contribution in [-0.2, 0) is 0 Å². The highest BCUT2D eigenvalue weighted by atomic mass is 19.1. The number of hydrogen-bond acceptors (Lipinski definition) is 2. The molecule has 0 aliphatic heterocycles. The van der Waals surface area contributed by atoms with Gasteiger partial charge in [0.25, 0.3) is 5.91 Å². The van der Waals surface area contributed by atoms with Crippen molar-refractivity contribution in [2.24, 2.45) is 0 Å². The van der Waals surface area contributed by atoms with Gasteiger partial charge in [0.1, 0.15) is 17.4 Å². The molecule has 3 rings (SSSR count). The number of ether oxygens (including phenoxy) is 1. The second-order valence-corrected chi connectivity index (χ2v) is 5.02. The van der Waals surface area contributed by atoms with Crippen LogP contribution in [0.1, 0.15) is 10.4 Å². The average molecular weight is 325 g/mol. The van der Waals surface area contributed by atoms with Gasteiger partial charge >= 0.3 is 0 Å². The van der Waals surface area contributed by atoms with Gasteiger partial charge in [-0.1, -0.05) is 30.3 Å². The maximum atomic E-state index is 13.2. The lowest BCUT2D eigenvalue weighted by atomic mass is 10.2. The van der Waals surface area contributed by atoms with E-state index in [-0.39, 0.29) is 5.56 Å². The first-order valence-corrected chi connectivity index (χ1v) is 7.21. The number of nitrogens with one attached hydrogen (secondary N) is 1. The minimum Gasteiger partial charge on any atom is -0.455 e. The van der Waals surface area contributed by atoms with Crippen molar-refractivity contribution in [2.75, 3.05) is 5.32 Å². The van der Waals surface area contributed by atoms with E-state index >= 15 is 0 Å². The fourth-order valence-electron chi connectivity index (χ4n) is 2.15. The Morgan fingerprint density at radius 3 is 2.17 bits per heavy atom. The highest BCUT2D eigenvalue weighted by molar-refractivity contribution is 6.05. The van der Waals surface area contributed by atoms with Gasteiger partial charge < -0.3 is 10.1 Å². The molecule has 3 aromatic rings. The minimum atomic E-state index is -0.811. The fraction of sp³-hybridized carbons (Fsp3) is 0. The molecule has 5 heteroatoms. The van der Waals surface area contributed by atoms with Crippen LogP contribution in [0.25, 0.3) is 0 Å². The summed E-state index contributed by atoms with van der Waals surface area (Å²) in [5, 5.41) is 2.60. The van der Waals surface area contributed by atoms with Gasteiger partial charge in [0.05, 0.1) is 5.69 Å². The molecule has 0 fully saturated rings. The second-order valence-electron chi connectivity index (χ2n) is 5.02. The molecular weight excluding hydrogens is 312 g/mol. The third-order valence-corrected chi connectivity index (χ3v) is 3.23. The summed E-state index contributed by atoms with van der Waals surface area (Å²) in [6.07, 6.45) is 0. The zero-order chi connectivity index (χ0) is 16.9. The molecule has 0 radical (unpaired) electrons. The number of amides is 1. The molecule has 3 nitrogen and oxygen atoms in total. The summed E-state index contributed by atoms with van der Waals surface area (Å²) in [7, 11) is 0. The maximum Gasteiger partial charge on any atom is 0.255 e. The number of hydrogen-bond donors (Lipinski definition) is 1. The van der Waals surface area contributed by atoms with Crippen molar-refractivity contribution in [1.29, 1.82) is 0 Å². The van der Waals surface area contributed by atoms with Gasteiger partial charge in [-0.3, -0.25) is 4.79 Å². The largest absolute Gasteiger partial charge is 0.455 e. The molecule has 0 aliphatic rings. The smallest absolute Gasteiger partial charge is 0.255 e. The molecule has 120 valence electrons. The quantitative estimate of drug-likeness (QED) is 0.732. The van der Waals surface area contributed by atoms with E-state index in [1.165, 1.54) is 0 Å². The van der Waals surface area contributed by atoms with E-state index in [0.29, 0.717) is 23.3 Å². The topological polar surface area (TPSA) is 38.3 Å². The molecule has 0 saturated carbocycles. The number of carbonyl (C=O) groups is 1. The number of rotatable bonds is 4. The van der Waals surface area contributed by atoms with E-state index in [1.807, 2.05) is 18.2 Å². The van der Waals surface area contributed by atoms with Crippen LogP contribution in [0.15, 0.2) is 72.8 Å². The Labute approximate surface area is 137 Å². The maximum absolute atomic E-state index is 13.2. The van der Waals surface area contributed by atoms with Crippen LogP contribution in [-0.4, -0.2) is 5.91 Å². The lowest BCUT2D eigenvalue weighted by Gasteiger charge is -2.12. The second kappa shape index (κ2) is 6.91. The van der Waals surface area contributed by atoms with Gasteiger partial charge in [-0.05, 0) is 36.4 Å². The minimum absolute atomic E-state index is 0.109. The van der Waals surface area contributed by atoms with Crippen LogP contribution in [0.4, 0.5) is 14.5 Å². The summed E-state index contributed by atoms with van der Waals surface area (Å²) < 4.78 is 32.2. The van der Waals surface area contributed by atoms with Gasteiger partial charge in [-0.25, -0.2) is 8.78 Å². The van der Waals surface area contributed by atoms with Crippen molar-refractivity contribution in [2.45, 2.75) is 0 Å². The lowest BCUT2D eigenvalue weighted by molar-refractivity contribution is 0.102. The van der Waals surface area contributed by atoms with Crippen LogP contribution >= 0.6 is 0 Å². The molecule has 24 heavy (non-hydrogen) atoms. The predicted molar refractivity (Wildman–Crippen MR) is 87.3 cm³/mol. The van der Waals surface area contributed by atoms with Crippen LogP contribution in [0.5, 0.6) is 11.5 Å². The molecule has 0 atom stereocenters. The first-order valence-electron chi connectivity index (χ1n) is 7.21. The predicted octanol–water partition coefficient (Wildman–Crippen LogP) is 5.01. The Balaban J connectivity index is 1.83. The molecule has 0 unspecified atom stereocenters. The standard InChI is InChI=1S/C19H13F2NO2/c20-14-10-13(11-15(21)12-14)19(23)22-17-8-4-5-9-18(17)24-16-6-2-1-3-7-16/h1-12H,(H,22,23). The Morgan fingerprint density at radius 1 is 0.833 bits per heavy atom. The van der Waals surface area contributed by atoms with Crippen molar-refractivity contribution >= 4 is 11.6 Å². The Bertz CT molecular complexity index is 846. The zero-order valence-corrected chi connectivity index (χ0v) is 12.5. The summed E-state index contributed by atoms with van der Waals surface area (Å²) in [5.41, 5.74) is 0.290. The first kappa shape index (κ1) is 15.7. The number of anilines is 1. The Morgan fingerprint density at radius 2 is 1.46 bits per heavy atom. The van der Waals surface area contributed by atoms with E-state index in [4.69, 9.17) is 4.74 Å². The van der Waals surface area contributed by atoms with E-state index in [0.717, 1.165) is 12.1 Å². The summed E-state index contributed by atoms with van der Waals surface area (Å²) in [4.78, 5) is 12.2. The average Bonchev–Trinajstić information content (AvgIpc) is 2.56. The zero-order valence-electron chi connectivity index (χ0n) is 12.5. The molecule has 3 aromatic carbocycles. The molecule has 1 N–H and O–H groups in total. The number of para-hydroxylation sites is 3. The summed E-state index contributed by atoms with van der Waals surface area (Å²) >= 11 is 0.